The number of aliphatic hydroxyl groups excluding tert-OH is 4. The summed E-state index contributed by atoms with van der Waals surface area (Å²) in [5, 5.41) is 47.7. The van der Waals surface area contributed by atoms with E-state index in [0.717, 1.165) is 27.6 Å². The molecule has 2 aromatic heterocycles. The fourth-order valence-corrected chi connectivity index (χ4v) is 4.32. The Morgan fingerprint density at radius 2 is 1.84 bits per heavy atom. The molecule has 0 bridgehead atoms. The number of H-pyrrole nitrogens is 1. The minimum Gasteiger partial charge on any atom is -0.473 e. The first-order valence-electron chi connectivity index (χ1n) is 11.9. The molecule has 0 spiro atoms. The minimum absolute atomic E-state index is 0.422. The lowest BCUT2D eigenvalue weighted by Gasteiger charge is -2.37. The number of rotatable bonds is 5. The number of ether oxygens (including phenoxy) is 2. The van der Waals surface area contributed by atoms with Crippen LogP contribution in [0.2, 0.25) is 0 Å². The van der Waals surface area contributed by atoms with E-state index in [2.05, 4.69) is 27.0 Å². The van der Waals surface area contributed by atoms with Gasteiger partial charge in [0.05, 0.1) is 23.9 Å². The molecule has 190 valence electrons. The summed E-state index contributed by atoms with van der Waals surface area (Å²) in [5.41, 5.74) is 5.09. The lowest BCUT2D eigenvalue weighted by molar-refractivity contribution is -0.214. The predicted molar refractivity (Wildman–Crippen MR) is 135 cm³/mol. The number of aromatic nitrogens is 3. The lowest BCUT2D eigenvalue weighted by Crippen LogP contribution is -2.58. The molecule has 5 N–H and O–H groups in total. The van der Waals surface area contributed by atoms with Crippen LogP contribution in [0, 0.1) is 18.8 Å². The Morgan fingerprint density at radius 3 is 2.59 bits per heavy atom. The van der Waals surface area contributed by atoms with E-state index in [1.54, 1.807) is 12.4 Å². The van der Waals surface area contributed by atoms with E-state index in [4.69, 9.17) is 9.47 Å². The Morgan fingerprint density at radius 1 is 1.03 bits per heavy atom. The molecule has 0 aliphatic carbocycles. The second-order valence-corrected chi connectivity index (χ2v) is 8.99. The summed E-state index contributed by atoms with van der Waals surface area (Å²) < 4.78 is 11.4. The van der Waals surface area contributed by atoms with E-state index in [-0.39, 0.29) is 0 Å². The number of hydrogen-bond acceptors (Lipinski definition) is 8. The van der Waals surface area contributed by atoms with E-state index in [1.165, 1.54) is 0 Å². The Labute approximate surface area is 213 Å². The van der Waals surface area contributed by atoms with Crippen molar-refractivity contribution in [3.8, 4) is 28.8 Å². The number of fused-ring (bicyclic) bond motifs is 1. The summed E-state index contributed by atoms with van der Waals surface area (Å²) in [7, 11) is 0. The van der Waals surface area contributed by atoms with Crippen LogP contribution >= 0.6 is 0 Å². The lowest BCUT2D eigenvalue weighted by atomic mass is 9.95. The van der Waals surface area contributed by atoms with Crippen molar-refractivity contribution in [2.24, 2.45) is 0 Å². The molecule has 0 unspecified atom stereocenters. The molecule has 0 radical (unpaired) electrons. The molecule has 1 aliphatic heterocycles. The first-order valence-corrected chi connectivity index (χ1v) is 11.9. The second-order valence-electron chi connectivity index (χ2n) is 8.99. The van der Waals surface area contributed by atoms with Crippen LogP contribution in [-0.4, -0.2) is 72.7 Å². The number of pyridine rings is 1. The number of nitrogens with one attached hydrogen (secondary N) is 1. The Balaban J connectivity index is 1.42. The highest BCUT2D eigenvalue weighted by molar-refractivity contribution is 5.89. The average molecular weight is 502 g/mol. The van der Waals surface area contributed by atoms with Crippen molar-refractivity contribution in [3.05, 3.63) is 77.6 Å². The predicted octanol–water partition coefficient (Wildman–Crippen LogP) is 1.71. The van der Waals surface area contributed by atoms with Gasteiger partial charge < -0.3 is 29.9 Å². The van der Waals surface area contributed by atoms with Crippen LogP contribution < -0.4 is 4.74 Å². The molecule has 37 heavy (non-hydrogen) atoms. The van der Waals surface area contributed by atoms with Gasteiger partial charge in [-0.05, 0) is 35.7 Å². The zero-order valence-corrected chi connectivity index (χ0v) is 20.1. The zero-order valence-electron chi connectivity index (χ0n) is 20.1. The van der Waals surface area contributed by atoms with Crippen LogP contribution in [0.3, 0.4) is 0 Å². The fourth-order valence-electron chi connectivity index (χ4n) is 4.32. The van der Waals surface area contributed by atoms with Gasteiger partial charge in [0.1, 0.15) is 37.1 Å². The SMILES string of the molecule is Cc1cc(OCc2ccccc2)ncc1-c1cc(C#C[C@H]2O[C@H](CO)[C@@H](O)[C@H](O)[C@@H]2O)c2[nH]ncc2c1. The number of benzene rings is 2. The Bertz CT molecular complexity index is 1440. The molecular formula is C28H27N3O6. The molecule has 0 amide bonds. The zero-order chi connectivity index (χ0) is 25.9. The second kappa shape index (κ2) is 10.7. The maximum Gasteiger partial charge on any atom is 0.213 e. The molecule has 5 rings (SSSR count). The molecule has 2 aromatic carbocycles. The minimum atomic E-state index is -1.49. The molecular weight excluding hydrogens is 474 g/mol. The van der Waals surface area contributed by atoms with Crippen LogP contribution in [0.4, 0.5) is 0 Å². The largest absolute Gasteiger partial charge is 0.473 e. The van der Waals surface area contributed by atoms with Crippen LogP contribution in [-0.2, 0) is 11.3 Å². The fraction of sp³-hybridized carbons (Fsp3) is 0.286. The summed E-state index contributed by atoms with van der Waals surface area (Å²) in [5.74, 6) is 6.36. The highest BCUT2D eigenvalue weighted by Crippen LogP contribution is 2.30. The van der Waals surface area contributed by atoms with E-state index in [9.17, 15) is 20.4 Å². The maximum absolute atomic E-state index is 10.3. The van der Waals surface area contributed by atoms with E-state index < -0.39 is 37.1 Å². The summed E-state index contributed by atoms with van der Waals surface area (Å²) in [4.78, 5) is 4.48. The summed E-state index contributed by atoms with van der Waals surface area (Å²) in [6.45, 7) is 1.89. The van der Waals surface area contributed by atoms with Crippen molar-refractivity contribution < 1.29 is 29.9 Å². The first-order chi connectivity index (χ1) is 17.9. The molecule has 4 aromatic rings. The van der Waals surface area contributed by atoms with E-state index >= 15 is 0 Å². The van der Waals surface area contributed by atoms with E-state index in [1.807, 2.05) is 55.5 Å². The molecule has 9 nitrogen and oxygen atoms in total. The van der Waals surface area contributed by atoms with Gasteiger partial charge in [-0.1, -0.05) is 42.2 Å². The molecule has 0 saturated carbocycles. The summed E-state index contributed by atoms with van der Waals surface area (Å²) in [6, 6.07) is 15.6. The monoisotopic (exact) mass is 501 g/mol. The molecule has 9 heteroatoms. The third kappa shape index (κ3) is 5.20. The van der Waals surface area contributed by atoms with Crippen molar-refractivity contribution in [1.29, 1.82) is 0 Å². The van der Waals surface area contributed by atoms with Gasteiger partial charge in [-0.3, -0.25) is 5.10 Å². The van der Waals surface area contributed by atoms with Crippen molar-refractivity contribution in [3.63, 3.8) is 0 Å². The highest BCUT2D eigenvalue weighted by atomic mass is 16.5. The first kappa shape index (κ1) is 24.9. The van der Waals surface area contributed by atoms with Gasteiger partial charge in [0.2, 0.25) is 5.88 Å². The maximum atomic E-state index is 10.3. The summed E-state index contributed by atoms with van der Waals surface area (Å²) in [6.07, 6.45) is -3.02. The van der Waals surface area contributed by atoms with Gasteiger partial charge in [-0.25, -0.2) is 4.98 Å². The van der Waals surface area contributed by atoms with Crippen molar-refractivity contribution >= 4 is 10.9 Å². The van der Waals surface area contributed by atoms with Gasteiger partial charge >= 0.3 is 0 Å². The van der Waals surface area contributed by atoms with Crippen molar-refractivity contribution in [2.75, 3.05) is 6.61 Å². The number of aromatic amines is 1. The Hall–Kier alpha value is -3.78. The quantitative estimate of drug-likeness (QED) is 0.260. The average Bonchev–Trinajstić information content (AvgIpc) is 3.40. The molecule has 1 saturated heterocycles. The van der Waals surface area contributed by atoms with Gasteiger partial charge in [0.25, 0.3) is 0 Å². The van der Waals surface area contributed by atoms with Gasteiger partial charge in [0.15, 0.2) is 0 Å². The third-order valence-corrected chi connectivity index (χ3v) is 6.42. The normalized spacial score (nSPS) is 23.4. The van der Waals surface area contributed by atoms with E-state index in [0.29, 0.717) is 23.6 Å². The van der Waals surface area contributed by atoms with Gasteiger partial charge in [-0.2, -0.15) is 5.10 Å². The number of nitrogens with zero attached hydrogens (tertiary/aromatic N) is 2. The van der Waals surface area contributed by atoms with Crippen molar-refractivity contribution in [2.45, 2.75) is 44.1 Å². The number of aliphatic hydroxyl groups is 4. The molecule has 1 aliphatic rings. The molecule has 5 atom stereocenters. The number of hydrogen-bond donors (Lipinski definition) is 5. The Kier molecular flexibility index (Phi) is 7.19. The molecule has 3 heterocycles. The standard InChI is InChI=1S/C28H27N3O6/c1-16-9-24(36-15-17-5-3-2-4-6-17)29-13-21(16)19-10-18(25-20(11-19)12-30-31-25)7-8-22-26(33)28(35)27(34)23(14-32)37-22/h2-6,9-13,22-23,26-28,32-35H,14-15H2,1H3,(H,30,31)/t22-,23-,26-,27-,28-/m1/s1. The van der Waals surface area contributed by atoms with Gasteiger partial charge in [-0.15, -0.1) is 0 Å². The number of aryl methyl sites for hydroxylation is 1. The molecule has 1 fully saturated rings. The third-order valence-electron chi connectivity index (χ3n) is 6.42. The smallest absolute Gasteiger partial charge is 0.213 e. The van der Waals surface area contributed by atoms with Crippen molar-refractivity contribution in [1.82, 2.24) is 15.2 Å². The van der Waals surface area contributed by atoms with Crippen LogP contribution in [0.5, 0.6) is 5.88 Å². The topological polar surface area (TPSA) is 141 Å². The summed E-state index contributed by atoms with van der Waals surface area (Å²) >= 11 is 0. The van der Waals surface area contributed by atoms with Crippen LogP contribution in [0.25, 0.3) is 22.0 Å². The highest BCUT2D eigenvalue weighted by Gasteiger charge is 2.42. The van der Waals surface area contributed by atoms with Crippen LogP contribution in [0.15, 0.2) is 60.9 Å². The van der Waals surface area contributed by atoms with Gasteiger partial charge in [0, 0.05) is 23.2 Å². The van der Waals surface area contributed by atoms with Crippen LogP contribution in [0.1, 0.15) is 16.7 Å².